The molecule has 1 saturated carbocycles. The van der Waals surface area contributed by atoms with Gasteiger partial charge in [0.1, 0.15) is 10.6 Å². The van der Waals surface area contributed by atoms with Gasteiger partial charge in [-0.05, 0) is 44.4 Å². The van der Waals surface area contributed by atoms with Gasteiger partial charge in [-0.3, -0.25) is 4.79 Å². The normalized spacial score (nSPS) is 16.6. The standard InChI is InChI=1S/C13H16ClNO4S/c1-8-3-6-11(12(7-8)20(14,17)18)19-9(2)13(16)15-10-4-5-10/h3,6-7,9-10H,4-5H2,1-2H3,(H,15,16). The molecule has 1 atom stereocenters. The quantitative estimate of drug-likeness (QED) is 0.843. The number of nitrogens with one attached hydrogen (secondary N) is 1. The summed E-state index contributed by atoms with van der Waals surface area (Å²) in [6.45, 7) is 3.32. The van der Waals surface area contributed by atoms with Crippen molar-refractivity contribution in [3.05, 3.63) is 23.8 Å². The first-order chi connectivity index (χ1) is 9.27. The number of hydrogen-bond acceptors (Lipinski definition) is 4. The molecular formula is C13H16ClNO4S. The zero-order valence-corrected chi connectivity index (χ0v) is 12.8. The Morgan fingerprint density at radius 3 is 2.65 bits per heavy atom. The van der Waals surface area contributed by atoms with Crippen LogP contribution in [-0.2, 0) is 13.8 Å². The Morgan fingerprint density at radius 2 is 2.10 bits per heavy atom. The van der Waals surface area contributed by atoms with E-state index in [1.165, 1.54) is 12.1 Å². The monoisotopic (exact) mass is 317 g/mol. The highest BCUT2D eigenvalue weighted by Gasteiger charge is 2.27. The van der Waals surface area contributed by atoms with Crippen LogP contribution in [0.2, 0.25) is 0 Å². The lowest BCUT2D eigenvalue weighted by Crippen LogP contribution is -2.37. The molecule has 0 radical (unpaired) electrons. The lowest BCUT2D eigenvalue weighted by atomic mass is 10.2. The lowest BCUT2D eigenvalue weighted by molar-refractivity contribution is -0.127. The fourth-order valence-electron chi connectivity index (χ4n) is 1.69. The van der Waals surface area contributed by atoms with Gasteiger partial charge in [0.2, 0.25) is 0 Å². The summed E-state index contributed by atoms with van der Waals surface area (Å²) >= 11 is 0. The van der Waals surface area contributed by atoms with Crippen LogP contribution in [0.3, 0.4) is 0 Å². The summed E-state index contributed by atoms with van der Waals surface area (Å²) in [6.07, 6.45) is 1.17. The molecule has 1 N–H and O–H groups in total. The van der Waals surface area contributed by atoms with Crippen LogP contribution >= 0.6 is 10.7 Å². The van der Waals surface area contributed by atoms with Gasteiger partial charge in [0.15, 0.2) is 6.10 Å². The molecule has 0 saturated heterocycles. The van der Waals surface area contributed by atoms with E-state index in [-0.39, 0.29) is 22.6 Å². The molecule has 0 aliphatic heterocycles. The van der Waals surface area contributed by atoms with Crippen molar-refractivity contribution in [3.63, 3.8) is 0 Å². The highest BCUT2D eigenvalue weighted by atomic mass is 35.7. The van der Waals surface area contributed by atoms with Crippen LogP contribution in [0, 0.1) is 6.92 Å². The van der Waals surface area contributed by atoms with Crippen molar-refractivity contribution >= 4 is 25.6 Å². The third-order valence-corrected chi connectivity index (χ3v) is 4.30. The van der Waals surface area contributed by atoms with Crippen molar-refractivity contribution in [1.82, 2.24) is 5.32 Å². The molecule has 110 valence electrons. The summed E-state index contributed by atoms with van der Waals surface area (Å²) in [7, 11) is 1.46. The fraction of sp³-hybridized carbons (Fsp3) is 0.462. The number of carbonyl (C=O) groups is 1. The molecule has 1 aliphatic carbocycles. The second kappa shape index (κ2) is 5.61. The predicted octanol–water partition coefficient (Wildman–Crippen LogP) is 1.97. The molecule has 1 amide bonds. The predicted molar refractivity (Wildman–Crippen MR) is 75.5 cm³/mol. The summed E-state index contributed by atoms with van der Waals surface area (Å²) in [5, 5.41) is 2.80. The average Bonchev–Trinajstić information content (AvgIpc) is 3.13. The maximum Gasteiger partial charge on any atom is 0.264 e. The molecule has 1 aromatic carbocycles. The van der Waals surface area contributed by atoms with Gasteiger partial charge in [-0.1, -0.05) is 6.07 Å². The fourth-order valence-corrected chi connectivity index (χ4v) is 2.74. The molecule has 1 unspecified atom stereocenters. The SMILES string of the molecule is Cc1ccc(OC(C)C(=O)NC2CC2)c(S(=O)(=O)Cl)c1. The number of ether oxygens (including phenoxy) is 1. The molecule has 5 nitrogen and oxygen atoms in total. The Bertz CT molecular complexity index is 625. The minimum atomic E-state index is -3.92. The van der Waals surface area contributed by atoms with E-state index in [2.05, 4.69) is 5.32 Å². The zero-order chi connectivity index (χ0) is 14.9. The minimum absolute atomic E-state index is 0.0871. The molecule has 1 fully saturated rings. The first-order valence-corrected chi connectivity index (χ1v) is 8.60. The number of halogens is 1. The lowest BCUT2D eigenvalue weighted by Gasteiger charge is -2.16. The van der Waals surface area contributed by atoms with Crippen molar-refractivity contribution in [2.75, 3.05) is 0 Å². The molecule has 2 rings (SSSR count). The topological polar surface area (TPSA) is 72.5 Å². The summed E-state index contributed by atoms with van der Waals surface area (Å²) in [5.74, 6) is -0.171. The molecule has 0 spiro atoms. The first kappa shape index (κ1) is 15.1. The first-order valence-electron chi connectivity index (χ1n) is 6.29. The molecule has 20 heavy (non-hydrogen) atoms. The number of benzene rings is 1. The Labute approximate surface area is 122 Å². The summed E-state index contributed by atoms with van der Waals surface area (Å²) in [4.78, 5) is 11.7. The maximum atomic E-state index is 11.8. The van der Waals surface area contributed by atoms with Gasteiger partial charge >= 0.3 is 0 Å². The average molecular weight is 318 g/mol. The number of rotatable bonds is 5. The van der Waals surface area contributed by atoms with E-state index in [0.717, 1.165) is 18.4 Å². The summed E-state index contributed by atoms with van der Waals surface area (Å²) < 4.78 is 28.5. The second-order valence-electron chi connectivity index (χ2n) is 4.93. The Kier molecular flexibility index (Phi) is 4.25. The maximum absolute atomic E-state index is 11.8. The highest BCUT2D eigenvalue weighted by molar-refractivity contribution is 8.13. The minimum Gasteiger partial charge on any atom is -0.479 e. The van der Waals surface area contributed by atoms with Crippen molar-refractivity contribution in [2.45, 2.75) is 43.7 Å². The van der Waals surface area contributed by atoms with Crippen LogP contribution in [0.1, 0.15) is 25.3 Å². The van der Waals surface area contributed by atoms with E-state index in [4.69, 9.17) is 15.4 Å². The third kappa shape index (κ3) is 3.86. The molecule has 0 bridgehead atoms. The van der Waals surface area contributed by atoms with Gasteiger partial charge in [-0.2, -0.15) is 0 Å². The highest BCUT2D eigenvalue weighted by Crippen LogP contribution is 2.29. The van der Waals surface area contributed by atoms with E-state index >= 15 is 0 Å². The Hall–Kier alpha value is -1.27. The van der Waals surface area contributed by atoms with E-state index in [0.29, 0.717) is 0 Å². The second-order valence-corrected chi connectivity index (χ2v) is 7.47. The van der Waals surface area contributed by atoms with E-state index in [1.807, 2.05) is 0 Å². The van der Waals surface area contributed by atoms with Crippen molar-refractivity contribution in [1.29, 1.82) is 0 Å². The van der Waals surface area contributed by atoms with E-state index in [1.54, 1.807) is 19.9 Å². The van der Waals surface area contributed by atoms with Gasteiger partial charge < -0.3 is 10.1 Å². The number of hydrogen-bond donors (Lipinski definition) is 1. The van der Waals surface area contributed by atoms with Crippen molar-refractivity contribution in [2.24, 2.45) is 0 Å². The van der Waals surface area contributed by atoms with Gasteiger partial charge in [-0.15, -0.1) is 0 Å². The molecular weight excluding hydrogens is 302 g/mol. The molecule has 0 aromatic heterocycles. The van der Waals surface area contributed by atoms with Gasteiger partial charge in [0, 0.05) is 16.7 Å². The Balaban J connectivity index is 2.17. The molecule has 0 heterocycles. The third-order valence-electron chi connectivity index (χ3n) is 2.96. The largest absolute Gasteiger partial charge is 0.479 e. The summed E-state index contributed by atoms with van der Waals surface area (Å²) in [5.41, 5.74) is 0.742. The van der Waals surface area contributed by atoms with Crippen LogP contribution in [0.5, 0.6) is 5.75 Å². The smallest absolute Gasteiger partial charge is 0.264 e. The zero-order valence-electron chi connectivity index (χ0n) is 11.2. The molecule has 7 heteroatoms. The van der Waals surface area contributed by atoms with E-state index < -0.39 is 15.2 Å². The Morgan fingerprint density at radius 1 is 1.45 bits per heavy atom. The van der Waals surface area contributed by atoms with Crippen molar-refractivity contribution < 1.29 is 17.9 Å². The van der Waals surface area contributed by atoms with Crippen LogP contribution < -0.4 is 10.1 Å². The van der Waals surface area contributed by atoms with Crippen molar-refractivity contribution in [3.8, 4) is 5.75 Å². The molecule has 1 aliphatic rings. The van der Waals surface area contributed by atoms with Gasteiger partial charge in [0.25, 0.3) is 15.0 Å². The van der Waals surface area contributed by atoms with Crippen LogP contribution in [0.4, 0.5) is 0 Å². The van der Waals surface area contributed by atoms with E-state index in [9.17, 15) is 13.2 Å². The molecule has 1 aromatic rings. The van der Waals surface area contributed by atoms with Crippen LogP contribution in [0.15, 0.2) is 23.1 Å². The van der Waals surface area contributed by atoms with Gasteiger partial charge in [-0.25, -0.2) is 8.42 Å². The van der Waals surface area contributed by atoms with Gasteiger partial charge in [0.05, 0.1) is 0 Å². The number of amides is 1. The number of carbonyl (C=O) groups excluding carboxylic acids is 1. The number of aryl methyl sites for hydroxylation is 1. The van der Waals surface area contributed by atoms with Crippen LogP contribution in [0.25, 0.3) is 0 Å². The summed E-state index contributed by atoms with van der Waals surface area (Å²) in [6, 6.07) is 4.85. The van der Waals surface area contributed by atoms with Crippen LogP contribution in [-0.4, -0.2) is 26.5 Å².